The zero-order chi connectivity index (χ0) is 23.9. The quantitative estimate of drug-likeness (QED) is 0.634. The van der Waals surface area contributed by atoms with Gasteiger partial charge in [-0.05, 0) is 67.4 Å². The maximum absolute atomic E-state index is 13.6. The lowest BCUT2D eigenvalue weighted by molar-refractivity contribution is -0.162. The summed E-state index contributed by atoms with van der Waals surface area (Å²) >= 11 is 0. The molecule has 178 valence electrons. The van der Waals surface area contributed by atoms with Crippen LogP contribution >= 0.6 is 0 Å². The number of amides is 1. The molecule has 34 heavy (non-hydrogen) atoms. The van der Waals surface area contributed by atoms with Crippen LogP contribution in [-0.2, 0) is 14.3 Å². The van der Waals surface area contributed by atoms with E-state index in [1.54, 1.807) is 12.3 Å². The minimum Gasteiger partial charge on any atom is -0.459 e. The van der Waals surface area contributed by atoms with Gasteiger partial charge in [0.25, 0.3) is 0 Å². The first kappa shape index (κ1) is 22.6. The van der Waals surface area contributed by atoms with Crippen LogP contribution in [0.4, 0.5) is 9.18 Å². The molecule has 2 saturated carbocycles. The van der Waals surface area contributed by atoms with Crippen molar-refractivity contribution in [3.8, 4) is 11.1 Å². The molecule has 6 atom stereocenters. The number of hydrogen-bond donors (Lipinski definition) is 1. The molecule has 1 amide bonds. The molecular weight excluding hydrogens is 435 g/mol. The molecule has 2 aliphatic carbocycles. The Hall–Kier alpha value is -3.22. The van der Waals surface area contributed by atoms with Gasteiger partial charge in [-0.15, -0.1) is 0 Å². The van der Waals surface area contributed by atoms with Gasteiger partial charge in [0.2, 0.25) is 5.60 Å². The highest BCUT2D eigenvalue weighted by molar-refractivity contribution is 5.86. The maximum atomic E-state index is 13.6. The summed E-state index contributed by atoms with van der Waals surface area (Å²) in [5.74, 6) is -0.434. The molecule has 6 nitrogen and oxygen atoms in total. The number of primary amides is 1. The van der Waals surface area contributed by atoms with Gasteiger partial charge in [0.05, 0.1) is 11.6 Å². The number of cyclic esters (lactones) is 1. The lowest BCUT2D eigenvalue weighted by Crippen LogP contribution is -2.57. The van der Waals surface area contributed by atoms with Crippen LogP contribution in [0.5, 0.6) is 0 Å². The molecule has 0 radical (unpaired) electrons. The van der Waals surface area contributed by atoms with Crippen molar-refractivity contribution < 1.29 is 23.5 Å². The van der Waals surface area contributed by atoms with E-state index >= 15 is 0 Å². The molecule has 2 heterocycles. The van der Waals surface area contributed by atoms with E-state index in [2.05, 4.69) is 11.1 Å². The molecule has 5 rings (SSSR count). The Morgan fingerprint density at radius 2 is 2.06 bits per heavy atom. The minimum atomic E-state index is -1.33. The van der Waals surface area contributed by atoms with E-state index < -0.39 is 17.7 Å². The zero-order valence-electron chi connectivity index (χ0n) is 19.2. The van der Waals surface area contributed by atoms with Gasteiger partial charge in [0.1, 0.15) is 11.9 Å². The molecular formula is C27H29FN2O4. The van der Waals surface area contributed by atoms with Crippen molar-refractivity contribution in [1.82, 2.24) is 4.98 Å². The first-order valence-corrected chi connectivity index (χ1v) is 12.0. The van der Waals surface area contributed by atoms with Crippen LogP contribution in [0.15, 0.2) is 48.7 Å². The second kappa shape index (κ2) is 8.85. The molecule has 1 aromatic carbocycles. The summed E-state index contributed by atoms with van der Waals surface area (Å²) in [5, 5.41) is 0. The average Bonchev–Trinajstić information content (AvgIpc) is 3.05. The molecule has 7 heteroatoms. The minimum absolute atomic E-state index is 0.00968. The van der Waals surface area contributed by atoms with E-state index in [-0.39, 0.29) is 29.7 Å². The van der Waals surface area contributed by atoms with Gasteiger partial charge in [-0.25, -0.2) is 14.0 Å². The number of pyridine rings is 1. The number of nitrogens with zero attached hydrogens (tertiary/aromatic N) is 1. The Bertz CT molecular complexity index is 1120. The number of nitrogens with two attached hydrogens (primary N) is 1. The monoisotopic (exact) mass is 464 g/mol. The third kappa shape index (κ3) is 3.97. The van der Waals surface area contributed by atoms with Crippen molar-refractivity contribution >= 4 is 18.1 Å². The van der Waals surface area contributed by atoms with Crippen molar-refractivity contribution in [3.63, 3.8) is 0 Å². The number of hydrogen-bond acceptors (Lipinski definition) is 5. The highest BCUT2D eigenvalue weighted by Crippen LogP contribution is 2.56. The summed E-state index contributed by atoms with van der Waals surface area (Å²) in [6.45, 7) is 1.87. The van der Waals surface area contributed by atoms with Crippen LogP contribution in [0.25, 0.3) is 17.2 Å². The number of fused-ring (bicyclic) bond motifs is 2. The number of esters is 1. The maximum Gasteiger partial charge on any atom is 0.405 e. The van der Waals surface area contributed by atoms with Crippen LogP contribution in [0, 0.1) is 29.5 Å². The van der Waals surface area contributed by atoms with E-state index in [9.17, 15) is 14.0 Å². The van der Waals surface area contributed by atoms with Gasteiger partial charge < -0.3 is 15.2 Å². The van der Waals surface area contributed by atoms with Crippen LogP contribution < -0.4 is 5.73 Å². The average molecular weight is 465 g/mol. The van der Waals surface area contributed by atoms with E-state index in [0.29, 0.717) is 12.3 Å². The molecule has 1 saturated heterocycles. The van der Waals surface area contributed by atoms with Gasteiger partial charge in [-0.2, -0.15) is 0 Å². The highest BCUT2D eigenvalue weighted by Gasteiger charge is 2.66. The van der Waals surface area contributed by atoms with Crippen molar-refractivity contribution in [3.05, 3.63) is 60.2 Å². The second-order valence-corrected chi connectivity index (χ2v) is 9.78. The summed E-state index contributed by atoms with van der Waals surface area (Å²) in [4.78, 5) is 29.3. The summed E-state index contributed by atoms with van der Waals surface area (Å²) in [7, 11) is 0. The summed E-state index contributed by atoms with van der Waals surface area (Å²) in [6, 6.07) is 10.2. The van der Waals surface area contributed by atoms with Gasteiger partial charge in [-0.3, -0.25) is 4.98 Å². The molecule has 0 bridgehead atoms. The van der Waals surface area contributed by atoms with Crippen LogP contribution in [0.1, 0.15) is 44.7 Å². The molecule has 3 fully saturated rings. The number of ether oxygens (including phenoxy) is 2. The predicted octanol–water partition coefficient (Wildman–Crippen LogP) is 5.12. The lowest BCUT2D eigenvalue weighted by Gasteiger charge is -2.49. The SMILES string of the molecule is C[C@H]1OC(=O)[C@]2(OC(N)=O)C[C@@H]3CCCC[C@H]3[C@H](C=Cc3ccc(-c4cccc(F)c4)cn3)[C@H]12. The topological polar surface area (TPSA) is 91.5 Å². The molecule has 0 spiro atoms. The predicted molar refractivity (Wildman–Crippen MR) is 125 cm³/mol. The number of benzene rings is 1. The summed E-state index contributed by atoms with van der Waals surface area (Å²) < 4.78 is 24.8. The first-order valence-electron chi connectivity index (χ1n) is 12.0. The van der Waals surface area contributed by atoms with Crippen molar-refractivity contribution in [2.45, 2.75) is 50.7 Å². The van der Waals surface area contributed by atoms with Crippen LogP contribution in [-0.4, -0.2) is 28.8 Å². The Morgan fingerprint density at radius 3 is 2.79 bits per heavy atom. The Labute approximate surface area is 198 Å². The van der Waals surface area contributed by atoms with Crippen LogP contribution in [0.2, 0.25) is 0 Å². The number of allylic oxidation sites excluding steroid dienone is 1. The fourth-order valence-electron chi connectivity index (χ4n) is 6.50. The van der Waals surface area contributed by atoms with E-state index in [1.165, 1.54) is 12.1 Å². The third-order valence-corrected chi connectivity index (χ3v) is 7.84. The van der Waals surface area contributed by atoms with E-state index in [1.807, 2.05) is 31.2 Å². The normalized spacial score (nSPS) is 32.6. The fourth-order valence-corrected chi connectivity index (χ4v) is 6.50. The van der Waals surface area contributed by atoms with Crippen LogP contribution in [0.3, 0.4) is 0 Å². The zero-order valence-corrected chi connectivity index (χ0v) is 19.2. The molecule has 1 aliphatic heterocycles. The Kier molecular flexibility index (Phi) is 5.88. The Balaban J connectivity index is 1.45. The van der Waals surface area contributed by atoms with Gasteiger partial charge in [0.15, 0.2) is 0 Å². The van der Waals surface area contributed by atoms with Gasteiger partial charge in [-0.1, -0.05) is 37.1 Å². The fraction of sp³-hybridized carbons (Fsp3) is 0.444. The van der Waals surface area contributed by atoms with Gasteiger partial charge in [0, 0.05) is 18.2 Å². The van der Waals surface area contributed by atoms with E-state index in [0.717, 1.165) is 42.5 Å². The number of halogens is 1. The molecule has 1 aromatic heterocycles. The summed E-state index contributed by atoms with van der Waals surface area (Å²) in [5.41, 5.74) is 6.45. The molecule has 0 unspecified atom stereocenters. The number of aromatic nitrogens is 1. The smallest absolute Gasteiger partial charge is 0.405 e. The molecule has 2 N–H and O–H groups in total. The lowest BCUT2D eigenvalue weighted by atomic mass is 9.55. The van der Waals surface area contributed by atoms with Crippen molar-refractivity contribution in [2.75, 3.05) is 0 Å². The first-order chi connectivity index (χ1) is 16.4. The number of rotatable bonds is 4. The standard InChI is InChI=1S/C27H29FN2O4/c1-16-24-23(12-11-21-10-9-19(15-30-21)17-6-4-7-20(28)13-17)22-8-3-2-5-18(22)14-27(24,25(31)33-16)34-26(29)32/h4,6-7,9-13,15-16,18,22-24H,2-3,5,8,14H2,1H3,(H2,29,32)/t16-,18+,22-,23+,24+,27+/m1/s1. The largest absolute Gasteiger partial charge is 0.459 e. The summed E-state index contributed by atoms with van der Waals surface area (Å²) in [6.07, 6.45) is 9.24. The Morgan fingerprint density at radius 1 is 1.24 bits per heavy atom. The third-order valence-electron chi connectivity index (χ3n) is 7.84. The molecule has 2 aromatic rings. The molecule has 3 aliphatic rings. The number of carbonyl (C=O) groups is 2. The second-order valence-electron chi connectivity index (χ2n) is 9.78. The van der Waals surface area contributed by atoms with Crippen molar-refractivity contribution in [1.29, 1.82) is 0 Å². The van der Waals surface area contributed by atoms with E-state index in [4.69, 9.17) is 15.2 Å². The number of carbonyl (C=O) groups excluding carboxylic acids is 2. The van der Waals surface area contributed by atoms with Gasteiger partial charge >= 0.3 is 12.1 Å². The van der Waals surface area contributed by atoms with Crippen molar-refractivity contribution in [2.24, 2.45) is 29.4 Å². The highest BCUT2D eigenvalue weighted by atomic mass is 19.1.